The molecule has 1 heterocycles. The Balaban J connectivity index is 0.00000300. The number of hydrogen-bond acceptors (Lipinski definition) is 3. The van der Waals surface area contributed by atoms with Crippen molar-refractivity contribution in [2.75, 3.05) is 39.9 Å². The van der Waals surface area contributed by atoms with Gasteiger partial charge >= 0.3 is 0 Å². The van der Waals surface area contributed by atoms with Gasteiger partial charge in [0, 0.05) is 52.0 Å². The SMILES string of the molecule is CN=C(NCCCOCC1CC1)NCc1ccc(C(=O)N2CCCCC2)cc1.I. The number of carbonyl (C=O) groups is 1. The Morgan fingerprint density at radius 3 is 2.52 bits per heavy atom. The third-order valence-electron chi connectivity index (χ3n) is 5.34. The molecule has 1 amide bonds. The molecule has 1 saturated carbocycles. The minimum atomic E-state index is 0. The van der Waals surface area contributed by atoms with Crippen molar-refractivity contribution in [1.29, 1.82) is 0 Å². The van der Waals surface area contributed by atoms with E-state index in [0.717, 1.165) is 75.1 Å². The van der Waals surface area contributed by atoms with Gasteiger partial charge in [-0.2, -0.15) is 0 Å². The first-order valence-electron chi connectivity index (χ1n) is 10.7. The molecule has 162 valence electrons. The molecule has 6 nitrogen and oxygen atoms in total. The molecule has 0 aromatic heterocycles. The van der Waals surface area contributed by atoms with Crippen molar-refractivity contribution in [3.63, 3.8) is 0 Å². The van der Waals surface area contributed by atoms with Gasteiger partial charge in [-0.05, 0) is 62.1 Å². The fraction of sp³-hybridized carbons (Fsp3) is 0.636. The van der Waals surface area contributed by atoms with Gasteiger partial charge in [0.1, 0.15) is 0 Å². The molecular formula is C22H35IN4O2. The maximum Gasteiger partial charge on any atom is 0.253 e. The highest BCUT2D eigenvalue weighted by molar-refractivity contribution is 14.0. The molecule has 1 aromatic carbocycles. The summed E-state index contributed by atoms with van der Waals surface area (Å²) in [6.45, 7) is 5.01. The molecule has 1 saturated heterocycles. The second-order valence-corrected chi connectivity index (χ2v) is 7.77. The van der Waals surface area contributed by atoms with E-state index in [2.05, 4.69) is 15.6 Å². The summed E-state index contributed by atoms with van der Waals surface area (Å²) in [5.74, 6) is 1.76. The van der Waals surface area contributed by atoms with Gasteiger partial charge in [-0.15, -0.1) is 24.0 Å². The molecule has 2 fully saturated rings. The Labute approximate surface area is 191 Å². The van der Waals surface area contributed by atoms with Crippen LogP contribution in [0.2, 0.25) is 0 Å². The van der Waals surface area contributed by atoms with E-state index in [4.69, 9.17) is 4.74 Å². The summed E-state index contributed by atoms with van der Waals surface area (Å²) in [7, 11) is 1.78. The zero-order chi connectivity index (χ0) is 19.6. The van der Waals surface area contributed by atoms with Crippen LogP contribution in [-0.2, 0) is 11.3 Å². The van der Waals surface area contributed by atoms with Crippen LogP contribution in [0.3, 0.4) is 0 Å². The highest BCUT2D eigenvalue weighted by Crippen LogP contribution is 2.28. The molecule has 7 heteroatoms. The second kappa shape index (κ2) is 13.1. The van der Waals surface area contributed by atoms with Crippen LogP contribution in [0, 0.1) is 5.92 Å². The van der Waals surface area contributed by atoms with Gasteiger partial charge in [0.05, 0.1) is 0 Å². The highest BCUT2D eigenvalue weighted by Gasteiger charge is 2.20. The monoisotopic (exact) mass is 514 g/mol. The Kier molecular flexibility index (Phi) is 10.8. The summed E-state index contributed by atoms with van der Waals surface area (Å²) in [5, 5.41) is 6.63. The maximum atomic E-state index is 12.5. The van der Waals surface area contributed by atoms with E-state index in [-0.39, 0.29) is 29.9 Å². The number of guanidine groups is 1. The lowest BCUT2D eigenvalue weighted by Crippen LogP contribution is -2.37. The quantitative estimate of drug-likeness (QED) is 0.230. The van der Waals surface area contributed by atoms with Crippen LogP contribution in [0.25, 0.3) is 0 Å². The predicted molar refractivity (Wildman–Crippen MR) is 128 cm³/mol. The van der Waals surface area contributed by atoms with Crippen LogP contribution in [0.1, 0.15) is 54.4 Å². The van der Waals surface area contributed by atoms with E-state index in [1.165, 1.54) is 19.3 Å². The largest absolute Gasteiger partial charge is 0.381 e. The number of aliphatic imine (C=N–C) groups is 1. The number of benzene rings is 1. The number of rotatable bonds is 9. The van der Waals surface area contributed by atoms with Gasteiger partial charge in [-0.25, -0.2) is 0 Å². The molecule has 3 rings (SSSR count). The molecule has 1 aliphatic carbocycles. The first-order valence-corrected chi connectivity index (χ1v) is 10.7. The van der Waals surface area contributed by atoms with E-state index in [1.807, 2.05) is 29.2 Å². The number of hydrogen-bond donors (Lipinski definition) is 2. The van der Waals surface area contributed by atoms with Crippen molar-refractivity contribution in [3.8, 4) is 0 Å². The number of ether oxygens (including phenoxy) is 1. The van der Waals surface area contributed by atoms with Gasteiger partial charge in [0.25, 0.3) is 5.91 Å². The average Bonchev–Trinajstić information content (AvgIpc) is 3.57. The van der Waals surface area contributed by atoms with Crippen LogP contribution >= 0.6 is 24.0 Å². The van der Waals surface area contributed by atoms with E-state index in [0.29, 0.717) is 6.54 Å². The molecule has 0 atom stereocenters. The van der Waals surface area contributed by atoms with Crippen LogP contribution < -0.4 is 10.6 Å². The molecule has 0 spiro atoms. The zero-order valence-electron chi connectivity index (χ0n) is 17.5. The van der Waals surface area contributed by atoms with Crippen molar-refractivity contribution in [1.82, 2.24) is 15.5 Å². The molecule has 2 aliphatic rings. The third kappa shape index (κ3) is 8.50. The summed E-state index contributed by atoms with van der Waals surface area (Å²) in [5.41, 5.74) is 1.91. The van der Waals surface area contributed by atoms with Crippen LogP contribution in [-0.4, -0.2) is 56.7 Å². The topological polar surface area (TPSA) is 66.0 Å². The smallest absolute Gasteiger partial charge is 0.253 e. The van der Waals surface area contributed by atoms with Crippen molar-refractivity contribution in [2.45, 2.75) is 45.1 Å². The summed E-state index contributed by atoms with van der Waals surface area (Å²) in [6, 6.07) is 7.90. The van der Waals surface area contributed by atoms with Crippen LogP contribution in [0.5, 0.6) is 0 Å². The Hall–Kier alpha value is -1.35. The van der Waals surface area contributed by atoms with E-state index < -0.39 is 0 Å². The van der Waals surface area contributed by atoms with Gasteiger partial charge in [-0.3, -0.25) is 9.79 Å². The highest BCUT2D eigenvalue weighted by atomic mass is 127. The zero-order valence-corrected chi connectivity index (χ0v) is 19.8. The van der Waals surface area contributed by atoms with Crippen molar-refractivity contribution in [3.05, 3.63) is 35.4 Å². The lowest BCUT2D eigenvalue weighted by Gasteiger charge is -2.26. The summed E-state index contributed by atoms with van der Waals surface area (Å²) < 4.78 is 5.65. The van der Waals surface area contributed by atoms with Crippen molar-refractivity contribution >= 4 is 35.8 Å². The summed E-state index contributed by atoms with van der Waals surface area (Å²) in [6.07, 6.45) is 7.11. The molecule has 2 N–H and O–H groups in total. The minimum Gasteiger partial charge on any atom is -0.381 e. The predicted octanol–water partition coefficient (Wildman–Crippen LogP) is 3.41. The van der Waals surface area contributed by atoms with E-state index in [1.54, 1.807) is 7.05 Å². The van der Waals surface area contributed by atoms with Gasteiger partial charge in [0.15, 0.2) is 5.96 Å². The molecule has 0 bridgehead atoms. The van der Waals surface area contributed by atoms with E-state index >= 15 is 0 Å². The number of piperidine rings is 1. The molecule has 0 unspecified atom stereocenters. The second-order valence-electron chi connectivity index (χ2n) is 7.77. The summed E-state index contributed by atoms with van der Waals surface area (Å²) >= 11 is 0. The molecule has 1 aromatic rings. The fourth-order valence-corrected chi connectivity index (χ4v) is 3.37. The standard InChI is InChI=1S/C22H34N4O2.HI/c1-23-22(24-12-5-15-28-17-19-6-7-19)25-16-18-8-10-20(11-9-18)21(27)26-13-3-2-4-14-26;/h8-11,19H,2-7,12-17H2,1H3,(H2,23,24,25);1H. The number of likely N-dealkylation sites (tertiary alicyclic amines) is 1. The first kappa shape index (κ1) is 23.9. The van der Waals surface area contributed by atoms with Crippen molar-refractivity contribution in [2.24, 2.45) is 10.9 Å². The van der Waals surface area contributed by atoms with Crippen LogP contribution in [0.15, 0.2) is 29.3 Å². The van der Waals surface area contributed by atoms with E-state index in [9.17, 15) is 4.79 Å². The lowest BCUT2D eigenvalue weighted by molar-refractivity contribution is 0.0724. The number of halogens is 1. The van der Waals surface area contributed by atoms with Gasteiger partial charge in [-0.1, -0.05) is 12.1 Å². The number of nitrogens with zero attached hydrogens (tertiary/aromatic N) is 2. The number of amides is 1. The lowest BCUT2D eigenvalue weighted by atomic mass is 10.1. The van der Waals surface area contributed by atoms with Crippen molar-refractivity contribution < 1.29 is 9.53 Å². The van der Waals surface area contributed by atoms with Gasteiger partial charge < -0.3 is 20.3 Å². The Morgan fingerprint density at radius 1 is 1.14 bits per heavy atom. The Bertz CT molecular complexity index is 641. The molecular weight excluding hydrogens is 479 g/mol. The van der Waals surface area contributed by atoms with Crippen LogP contribution in [0.4, 0.5) is 0 Å². The number of carbonyl (C=O) groups excluding carboxylic acids is 1. The molecule has 0 radical (unpaired) electrons. The fourth-order valence-electron chi connectivity index (χ4n) is 3.37. The molecule has 29 heavy (non-hydrogen) atoms. The maximum absolute atomic E-state index is 12.5. The number of nitrogens with one attached hydrogen (secondary N) is 2. The average molecular weight is 514 g/mol. The Morgan fingerprint density at radius 2 is 1.86 bits per heavy atom. The third-order valence-corrected chi connectivity index (χ3v) is 5.34. The molecule has 1 aliphatic heterocycles. The minimum absolute atomic E-state index is 0. The van der Waals surface area contributed by atoms with Gasteiger partial charge in [0.2, 0.25) is 0 Å². The first-order chi connectivity index (χ1) is 13.8. The normalized spacial score (nSPS) is 16.9. The summed E-state index contributed by atoms with van der Waals surface area (Å²) in [4.78, 5) is 18.8.